The van der Waals surface area contributed by atoms with Crippen LogP contribution in [-0.4, -0.2) is 15.8 Å². The van der Waals surface area contributed by atoms with Gasteiger partial charge in [-0.1, -0.05) is 157 Å². The molecule has 0 spiro atoms. The summed E-state index contributed by atoms with van der Waals surface area (Å²) in [4.78, 5) is 0. The zero-order valence-electron chi connectivity index (χ0n) is 46.6. The van der Waals surface area contributed by atoms with Gasteiger partial charge < -0.3 is 18.6 Å². The molecule has 0 saturated carbocycles. The fraction of sp³-hybridized carbons (Fsp3) is 0. The Morgan fingerprint density at radius 2 is 0.763 bits per heavy atom. The molecule has 4 nitrogen and oxygen atoms in total. The number of aromatic nitrogens is 2. The molecule has 0 unspecified atom stereocenters. The van der Waals surface area contributed by atoms with Gasteiger partial charge in [0.1, 0.15) is 11.5 Å². The first-order valence-electron chi connectivity index (χ1n) is 26.9. The quantitative estimate of drug-likeness (QED) is 0.167. The Bertz CT molecular complexity index is 4020. The van der Waals surface area contributed by atoms with E-state index in [0.717, 1.165) is 22.3 Å². The fourth-order valence-electron chi connectivity index (χ4n) is 8.82. The molecule has 0 aliphatic carbocycles. The van der Waals surface area contributed by atoms with Crippen molar-refractivity contribution in [3.63, 3.8) is 0 Å². The van der Waals surface area contributed by atoms with Gasteiger partial charge in [0.15, 0.2) is 11.5 Å². The van der Waals surface area contributed by atoms with Crippen LogP contribution in [0.2, 0.25) is 0 Å². The highest BCUT2D eigenvalue weighted by atomic mass is 16.5. The molecular formula is C54H33BN2O2. The molecule has 2 aliphatic rings. The van der Waals surface area contributed by atoms with E-state index in [0.29, 0.717) is 22.4 Å². The summed E-state index contributed by atoms with van der Waals surface area (Å²) in [5.74, 6) is 0.764. The lowest BCUT2D eigenvalue weighted by Gasteiger charge is -2.36. The van der Waals surface area contributed by atoms with Crippen molar-refractivity contribution in [1.82, 2.24) is 9.13 Å². The van der Waals surface area contributed by atoms with Crippen LogP contribution in [0.5, 0.6) is 23.0 Å². The molecule has 59 heavy (non-hydrogen) atoms. The van der Waals surface area contributed by atoms with Crippen molar-refractivity contribution in [3.8, 4) is 56.6 Å². The lowest BCUT2D eigenvalue weighted by Crippen LogP contribution is -2.58. The molecule has 0 fully saturated rings. The Hall–Kier alpha value is -7.76. The van der Waals surface area contributed by atoms with Crippen LogP contribution in [0.15, 0.2) is 200 Å². The molecular weight excluding hydrogens is 719 g/mol. The normalized spacial score (nSPS) is 16.4. The Kier molecular flexibility index (Phi) is 4.32. The first kappa shape index (κ1) is 20.6. The summed E-state index contributed by atoms with van der Waals surface area (Å²) in [6, 6.07) is 22.1. The minimum Gasteiger partial charge on any atom is -0.456 e. The highest BCUT2D eigenvalue weighted by Crippen LogP contribution is 2.47. The molecule has 2 aromatic heterocycles. The summed E-state index contributed by atoms with van der Waals surface area (Å²) in [6.07, 6.45) is 0. The zero-order chi connectivity index (χ0) is 52.5. The minimum atomic E-state index is -0.847. The van der Waals surface area contributed by atoms with Crippen molar-refractivity contribution in [3.05, 3.63) is 200 Å². The summed E-state index contributed by atoms with van der Waals surface area (Å²) < 4.78 is 163. The number of hydrogen-bond acceptors (Lipinski definition) is 2. The zero-order valence-corrected chi connectivity index (χ0v) is 30.6. The van der Waals surface area contributed by atoms with Crippen molar-refractivity contribution in [2.24, 2.45) is 0 Å². The van der Waals surface area contributed by atoms with Crippen LogP contribution in [0.3, 0.4) is 0 Å². The molecule has 274 valence electrons. The van der Waals surface area contributed by atoms with Crippen LogP contribution in [0.4, 0.5) is 0 Å². The van der Waals surface area contributed by atoms with E-state index in [1.807, 2.05) is 84.9 Å². The Labute approximate surface area is 363 Å². The third kappa shape index (κ3) is 4.67. The third-order valence-corrected chi connectivity index (χ3v) is 11.3. The summed E-state index contributed by atoms with van der Waals surface area (Å²) in [5, 5.41) is -0.874. The minimum absolute atomic E-state index is 0.0256. The van der Waals surface area contributed by atoms with E-state index in [1.165, 1.54) is 15.2 Å². The molecule has 0 atom stereocenters. The highest BCUT2D eigenvalue weighted by molar-refractivity contribution is 6.98. The van der Waals surface area contributed by atoms with Crippen LogP contribution in [0.25, 0.3) is 77.2 Å². The number of rotatable bonds is 4. The third-order valence-electron chi connectivity index (χ3n) is 11.3. The smallest absolute Gasteiger partial charge is 0.260 e. The largest absolute Gasteiger partial charge is 0.456 e. The average molecular weight is 769 g/mol. The first-order chi connectivity index (χ1) is 35.9. The number of para-hydroxylation sites is 4. The number of nitrogens with zero attached hydrogens (tertiary/aromatic N) is 2. The lowest BCUT2D eigenvalue weighted by atomic mass is 9.34. The molecule has 2 aliphatic heterocycles. The van der Waals surface area contributed by atoms with Crippen molar-refractivity contribution in [2.45, 2.75) is 0 Å². The van der Waals surface area contributed by atoms with Gasteiger partial charge in [-0.2, -0.15) is 0 Å². The van der Waals surface area contributed by atoms with E-state index in [1.54, 1.807) is 12.1 Å². The Morgan fingerprint density at radius 3 is 1.15 bits per heavy atom. The second-order valence-corrected chi connectivity index (χ2v) is 14.4. The van der Waals surface area contributed by atoms with E-state index < -0.39 is 103 Å². The molecule has 5 heteroatoms. The summed E-state index contributed by atoms with van der Waals surface area (Å²) in [7, 11) is 0. The van der Waals surface area contributed by atoms with E-state index in [2.05, 4.69) is 0 Å². The second-order valence-electron chi connectivity index (χ2n) is 14.4. The van der Waals surface area contributed by atoms with E-state index >= 15 is 0 Å². The van der Waals surface area contributed by atoms with Crippen LogP contribution in [-0.2, 0) is 0 Å². The van der Waals surface area contributed by atoms with Crippen molar-refractivity contribution >= 4 is 66.7 Å². The standard InChI is InChI=1S/C54H33BN2O2/c1-3-15-34(16-4-1)36-27-29-50-42(31-36)55-43-32-37(35-17-5-2-6-18-35)28-30-51(43)59-54-49(57-46-25-13-9-21-40(46)41-22-10-14-26-47(41)57)33-48(53(58-50)52(54)55)56-44-23-11-7-19-38(44)39-20-8-12-24-45(39)56/h1-33H/i7D,8D,9D,10D,11D,12D,13D,14D,19D,20D,21D,22D,23D,24D,25D,26D. The van der Waals surface area contributed by atoms with Gasteiger partial charge in [-0.3, -0.25) is 0 Å². The molecule has 0 bridgehead atoms. The van der Waals surface area contributed by atoms with Gasteiger partial charge in [0.25, 0.3) is 6.71 Å². The number of benzene rings is 9. The molecule has 0 saturated heterocycles. The van der Waals surface area contributed by atoms with Gasteiger partial charge in [-0.05, 0) is 75.5 Å². The molecule has 4 heterocycles. The van der Waals surface area contributed by atoms with Gasteiger partial charge in [0.05, 0.1) is 55.4 Å². The maximum Gasteiger partial charge on any atom is 0.260 e. The van der Waals surface area contributed by atoms with Crippen LogP contribution in [0, 0.1) is 0 Å². The van der Waals surface area contributed by atoms with Gasteiger partial charge in [0, 0.05) is 27.0 Å². The topological polar surface area (TPSA) is 28.3 Å². The first-order valence-corrected chi connectivity index (χ1v) is 18.9. The molecule has 13 rings (SSSR count). The van der Waals surface area contributed by atoms with Crippen LogP contribution < -0.4 is 25.9 Å². The second kappa shape index (κ2) is 12.4. The fourth-order valence-corrected chi connectivity index (χ4v) is 8.82. The summed E-state index contributed by atoms with van der Waals surface area (Å²) in [6.45, 7) is -0.847. The van der Waals surface area contributed by atoms with Gasteiger partial charge in [-0.25, -0.2) is 0 Å². The van der Waals surface area contributed by atoms with E-state index in [9.17, 15) is 11.0 Å². The van der Waals surface area contributed by atoms with Crippen molar-refractivity contribution in [1.29, 1.82) is 0 Å². The van der Waals surface area contributed by atoms with Crippen molar-refractivity contribution in [2.75, 3.05) is 0 Å². The van der Waals surface area contributed by atoms with Crippen LogP contribution in [0.1, 0.15) is 21.9 Å². The SMILES string of the molecule is [2H]c1c([2H])c([2H])c2c(c1[2H])c1c([2H])c([2H])c([2H])c([2H])c1n2-c1cc(-n2c3c([2H])c([2H])c([2H])c([2H])c3c3c([2H])c([2H])c([2H])c([2H])c32)c2c3c1Oc1ccc(-c4ccccc4)cc1B3c1cc(-c3ccccc3)ccc1O2. The van der Waals surface area contributed by atoms with Gasteiger partial charge in [0.2, 0.25) is 0 Å². The van der Waals surface area contributed by atoms with E-state index in [4.69, 9.17) is 20.4 Å². The van der Waals surface area contributed by atoms with Gasteiger partial charge in [-0.15, -0.1) is 0 Å². The number of fused-ring (bicyclic) bond motifs is 10. The number of hydrogen-bond donors (Lipinski definition) is 0. The van der Waals surface area contributed by atoms with Crippen molar-refractivity contribution < 1.29 is 31.4 Å². The molecule has 0 N–H and O–H groups in total. The monoisotopic (exact) mass is 768 g/mol. The number of ether oxygens (including phenoxy) is 2. The van der Waals surface area contributed by atoms with Crippen LogP contribution >= 0.6 is 0 Å². The predicted octanol–water partition coefficient (Wildman–Crippen LogP) is 11.9. The highest BCUT2D eigenvalue weighted by Gasteiger charge is 2.44. The Morgan fingerprint density at radius 1 is 0.390 bits per heavy atom. The van der Waals surface area contributed by atoms with Gasteiger partial charge >= 0.3 is 0 Å². The molecule has 0 radical (unpaired) electrons. The summed E-state index contributed by atoms with van der Waals surface area (Å²) in [5.41, 5.74) is 3.85. The summed E-state index contributed by atoms with van der Waals surface area (Å²) >= 11 is 0. The molecule has 11 aromatic rings. The lowest BCUT2D eigenvalue weighted by molar-refractivity contribution is 0.462. The molecule has 9 aromatic carbocycles. The maximum absolute atomic E-state index is 9.52. The maximum atomic E-state index is 9.52. The molecule has 0 amide bonds. The average Bonchev–Trinajstić information content (AvgIpc) is 4.10. The van der Waals surface area contributed by atoms with E-state index in [-0.39, 0.29) is 71.9 Å². The Balaban J connectivity index is 1.29. The predicted molar refractivity (Wildman–Crippen MR) is 244 cm³/mol.